The van der Waals surface area contributed by atoms with Crippen molar-refractivity contribution in [2.24, 2.45) is 5.92 Å². The Morgan fingerprint density at radius 2 is 2.00 bits per heavy atom. The van der Waals surface area contributed by atoms with E-state index >= 15 is 0 Å². The van der Waals surface area contributed by atoms with Gasteiger partial charge in [0.25, 0.3) is 0 Å². The minimum Gasteiger partial charge on any atom is -0.481 e. The first-order valence-corrected chi connectivity index (χ1v) is 7.11. The zero-order chi connectivity index (χ0) is 13.1. The van der Waals surface area contributed by atoms with Crippen molar-refractivity contribution in [3.8, 4) is 0 Å². The van der Waals surface area contributed by atoms with Crippen LogP contribution in [-0.4, -0.2) is 52.3 Å². The van der Waals surface area contributed by atoms with Gasteiger partial charge in [-0.1, -0.05) is 9.39 Å². The molecule has 1 heterocycles. The van der Waals surface area contributed by atoms with Gasteiger partial charge in [0.1, 0.15) is 0 Å². The number of nitrogens with zero attached hydrogens (tertiary/aromatic N) is 1. The number of ether oxygens (including phenoxy) is 1. The van der Waals surface area contributed by atoms with Crippen molar-refractivity contribution >= 4 is 15.4 Å². The van der Waals surface area contributed by atoms with Gasteiger partial charge >= 0.3 is 5.97 Å². The number of carboxylic acids is 1. The predicted molar refractivity (Wildman–Crippen MR) is 70.2 cm³/mol. The molecule has 1 saturated carbocycles. The maximum absolute atomic E-state index is 10.8. The number of aliphatic hydroxyl groups excluding tert-OH is 1. The average Bonchev–Trinajstić information content (AvgIpc) is 2.66. The summed E-state index contributed by atoms with van der Waals surface area (Å²) in [6.45, 7) is 1.31. The predicted octanol–water partition coefficient (Wildman–Crippen LogP) is 0.872. The molecule has 0 spiro atoms. The zero-order valence-electron chi connectivity index (χ0n) is 10.5. The molecule has 5 nitrogen and oxygen atoms in total. The third-order valence-corrected chi connectivity index (χ3v) is 4.61. The minimum absolute atomic E-state index is 0.184. The summed E-state index contributed by atoms with van der Waals surface area (Å²) in [5.41, 5.74) is 0. The highest BCUT2D eigenvalue weighted by Gasteiger charge is 2.31. The van der Waals surface area contributed by atoms with Gasteiger partial charge in [0.2, 0.25) is 0 Å². The third-order valence-electron chi connectivity index (χ3n) is 3.98. The molecule has 3 atom stereocenters. The Bertz CT molecular complexity index is 294. The van der Waals surface area contributed by atoms with Gasteiger partial charge in [0.05, 0.1) is 24.7 Å². The van der Waals surface area contributed by atoms with Crippen molar-refractivity contribution in [2.75, 3.05) is 13.2 Å². The molecule has 1 unspecified atom stereocenters. The van der Waals surface area contributed by atoms with Crippen LogP contribution in [0.15, 0.2) is 0 Å². The van der Waals surface area contributed by atoms with Gasteiger partial charge < -0.3 is 14.9 Å². The summed E-state index contributed by atoms with van der Waals surface area (Å²) in [5, 5.41) is 18.4. The van der Waals surface area contributed by atoms with Crippen molar-refractivity contribution in [1.82, 2.24) is 4.67 Å². The van der Waals surface area contributed by atoms with Crippen LogP contribution in [0, 0.1) is 5.92 Å². The molecule has 18 heavy (non-hydrogen) atoms. The van der Waals surface area contributed by atoms with E-state index in [0.29, 0.717) is 13.2 Å². The molecule has 0 amide bonds. The van der Waals surface area contributed by atoms with Gasteiger partial charge in [-0.3, -0.25) is 9.46 Å². The van der Waals surface area contributed by atoms with Crippen LogP contribution >= 0.6 is 9.39 Å². The maximum atomic E-state index is 10.8. The number of aliphatic carboxylic acids is 1. The molecule has 0 aromatic carbocycles. The number of hydrogen-bond acceptors (Lipinski definition) is 4. The van der Waals surface area contributed by atoms with Crippen LogP contribution in [0.25, 0.3) is 0 Å². The molecular weight excluding hydrogens is 253 g/mol. The Hall–Kier alpha value is -0.220. The van der Waals surface area contributed by atoms with Gasteiger partial charge in [-0.05, 0) is 32.1 Å². The Balaban J connectivity index is 1.68. The molecule has 0 radical (unpaired) electrons. The summed E-state index contributed by atoms with van der Waals surface area (Å²) in [6, 6.07) is 0.266. The lowest BCUT2D eigenvalue weighted by Crippen LogP contribution is -2.31. The van der Waals surface area contributed by atoms with Crippen molar-refractivity contribution in [1.29, 1.82) is 0 Å². The van der Waals surface area contributed by atoms with E-state index in [4.69, 9.17) is 9.84 Å². The Morgan fingerprint density at radius 3 is 2.50 bits per heavy atom. The quantitative estimate of drug-likeness (QED) is 0.745. The summed E-state index contributed by atoms with van der Waals surface area (Å²) >= 11 is 0. The van der Waals surface area contributed by atoms with Gasteiger partial charge in [0, 0.05) is 12.6 Å². The topological polar surface area (TPSA) is 70.0 Å². The largest absolute Gasteiger partial charge is 0.481 e. The Kier molecular flexibility index (Phi) is 4.96. The number of carboxylic acid groups (broad SMARTS) is 1. The Morgan fingerprint density at radius 1 is 1.33 bits per heavy atom. The smallest absolute Gasteiger partial charge is 0.306 e. The second-order valence-corrected chi connectivity index (χ2v) is 6.05. The fraction of sp³-hybridized carbons (Fsp3) is 0.917. The maximum Gasteiger partial charge on any atom is 0.306 e. The first-order chi connectivity index (χ1) is 8.56. The normalized spacial score (nSPS) is 37.9. The lowest BCUT2D eigenvalue weighted by molar-refractivity contribution is -0.143. The van der Waals surface area contributed by atoms with Crippen molar-refractivity contribution < 1.29 is 19.7 Å². The molecule has 104 valence electrons. The van der Waals surface area contributed by atoms with E-state index in [9.17, 15) is 9.90 Å². The van der Waals surface area contributed by atoms with Gasteiger partial charge in [-0.2, -0.15) is 0 Å². The monoisotopic (exact) mass is 275 g/mol. The van der Waals surface area contributed by atoms with Gasteiger partial charge in [0.15, 0.2) is 0 Å². The van der Waals surface area contributed by atoms with E-state index in [1.165, 1.54) is 0 Å². The highest BCUT2D eigenvalue weighted by Crippen LogP contribution is 2.28. The van der Waals surface area contributed by atoms with Crippen molar-refractivity contribution in [2.45, 2.75) is 50.4 Å². The number of aliphatic hydroxyl groups is 1. The minimum atomic E-state index is -0.677. The molecular formula is C12H22NO4P. The molecule has 6 heteroatoms. The first-order valence-electron chi connectivity index (χ1n) is 6.60. The van der Waals surface area contributed by atoms with Crippen LogP contribution < -0.4 is 0 Å². The molecule has 0 aromatic rings. The summed E-state index contributed by atoms with van der Waals surface area (Å²) in [6.07, 6.45) is 3.81. The molecule has 0 bridgehead atoms. The molecule has 2 fully saturated rings. The Labute approximate surface area is 110 Å². The van der Waals surface area contributed by atoms with E-state index in [1.54, 1.807) is 0 Å². The summed E-state index contributed by atoms with van der Waals surface area (Å²) in [4.78, 5) is 10.8. The van der Waals surface area contributed by atoms with E-state index in [0.717, 1.165) is 32.1 Å². The number of β-amino-alcohol motifs (C(OH)–C–C–N with tert-alkyl or cyclic N) is 1. The molecule has 2 N–H and O–H groups in total. The molecule has 0 aromatic heterocycles. The molecule has 1 aliphatic heterocycles. The third kappa shape index (κ3) is 3.64. The lowest BCUT2D eigenvalue weighted by Gasteiger charge is -2.28. The highest BCUT2D eigenvalue weighted by atomic mass is 31.0. The van der Waals surface area contributed by atoms with Crippen LogP contribution in [-0.2, 0) is 9.53 Å². The summed E-state index contributed by atoms with van der Waals surface area (Å²) in [7, 11) is 2.63. The molecule has 2 aliphatic rings. The standard InChI is InChI=1S/C12H22NO4P/c14-10-5-9(13(18)6-10)7-17-11-3-1-8(2-4-11)12(15)16/h8-11,14H,1-7,18H2,(H,15,16)/t8?,9-,10-,11?/m0/s1. The first kappa shape index (κ1) is 14.2. The fourth-order valence-electron chi connectivity index (χ4n) is 2.80. The summed E-state index contributed by atoms with van der Waals surface area (Å²) in [5.74, 6) is -0.861. The van der Waals surface area contributed by atoms with E-state index in [2.05, 4.69) is 9.39 Å². The lowest BCUT2D eigenvalue weighted by atomic mass is 9.87. The van der Waals surface area contributed by atoms with Crippen LogP contribution in [0.3, 0.4) is 0 Å². The van der Waals surface area contributed by atoms with Crippen LogP contribution in [0.2, 0.25) is 0 Å². The number of rotatable bonds is 4. The summed E-state index contributed by atoms with van der Waals surface area (Å²) < 4.78 is 7.90. The highest BCUT2D eigenvalue weighted by molar-refractivity contribution is 7.13. The number of hydrogen-bond donors (Lipinski definition) is 2. The molecule has 1 saturated heterocycles. The van der Waals surface area contributed by atoms with Crippen molar-refractivity contribution in [3.63, 3.8) is 0 Å². The SMILES string of the molecule is O=C(O)C1CCC(OC[C@@H]2C[C@H](O)CN2P)CC1. The second-order valence-electron chi connectivity index (χ2n) is 5.39. The molecule has 1 aliphatic carbocycles. The zero-order valence-corrected chi connectivity index (χ0v) is 11.6. The molecule has 2 rings (SSSR count). The van der Waals surface area contributed by atoms with Crippen LogP contribution in [0.4, 0.5) is 0 Å². The van der Waals surface area contributed by atoms with Gasteiger partial charge in [-0.15, -0.1) is 0 Å². The second kappa shape index (κ2) is 6.29. The van der Waals surface area contributed by atoms with Crippen LogP contribution in [0.5, 0.6) is 0 Å². The van der Waals surface area contributed by atoms with Crippen molar-refractivity contribution in [3.05, 3.63) is 0 Å². The van der Waals surface area contributed by atoms with Crippen LogP contribution in [0.1, 0.15) is 32.1 Å². The van der Waals surface area contributed by atoms with E-state index in [-0.39, 0.29) is 24.2 Å². The fourth-order valence-corrected chi connectivity index (χ4v) is 3.25. The van der Waals surface area contributed by atoms with E-state index < -0.39 is 5.97 Å². The number of carbonyl (C=O) groups is 1. The van der Waals surface area contributed by atoms with Gasteiger partial charge in [-0.25, -0.2) is 0 Å². The average molecular weight is 275 g/mol. The van der Waals surface area contributed by atoms with E-state index in [1.807, 2.05) is 4.67 Å².